The molecule has 6 heteroatoms. The predicted octanol–water partition coefficient (Wildman–Crippen LogP) is 4.75. The smallest absolute Gasteiger partial charge is 0.175 e. The zero-order valence-electron chi connectivity index (χ0n) is 16.6. The van der Waals surface area contributed by atoms with E-state index >= 15 is 0 Å². The zero-order valence-corrected chi connectivity index (χ0v) is 17.4. The number of ketones is 1. The molecule has 0 N–H and O–H groups in total. The topological polar surface area (TPSA) is 60.4 Å². The van der Waals surface area contributed by atoms with Gasteiger partial charge in [0, 0.05) is 19.6 Å². The minimum atomic E-state index is -3.28. The van der Waals surface area contributed by atoms with Gasteiger partial charge in [-0.05, 0) is 77.1 Å². The summed E-state index contributed by atoms with van der Waals surface area (Å²) in [5.74, 6) is -0.477. The van der Waals surface area contributed by atoms with Crippen LogP contribution < -0.4 is 4.74 Å². The van der Waals surface area contributed by atoms with Crippen LogP contribution >= 0.6 is 0 Å². The molecule has 0 aromatic heterocycles. The highest BCUT2D eigenvalue weighted by Crippen LogP contribution is 2.46. The summed E-state index contributed by atoms with van der Waals surface area (Å²) in [7, 11) is -1.86. The first-order valence-corrected chi connectivity index (χ1v) is 11.0. The zero-order chi connectivity index (χ0) is 21.3. The van der Waals surface area contributed by atoms with Gasteiger partial charge in [-0.15, -0.1) is 0 Å². The molecule has 1 radical (unpaired) electrons. The molecular weight excluding hydrogens is 391 g/mol. The third-order valence-corrected chi connectivity index (χ3v) is 6.17. The van der Waals surface area contributed by atoms with Gasteiger partial charge in [0.1, 0.15) is 5.78 Å². The Morgan fingerprint density at radius 1 is 1.17 bits per heavy atom. The fourth-order valence-corrected chi connectivity index (χ4v) is 4.13. The summed E-state index contributed by atoms with van der Waals surface area (Å²) in [4.78, 5) is 11.6. The van der Waals surface area contributed by atoms with E-state index in [-0.39, 0.29) is 16.4 Å². The molecule has 0 aliphatic heterocycles. The van der Waals surface area contributed by atoms with E-state index in [2.05, 4.69) is 6.92 Å². The van der Waals surface area contributed by atoms with Crippen LogP contribution in [0.2, 0.25) is 0 Å². The number of hydrogen-bond acceptors (Lipinski definition) is 4. The van der Waals surface area contributed by atoms with Crippen LogP contribution in [0.15, 0.2) is 46.9 Å². The van der Waals surface area contributed by atoms with Crippen molar-refractivity contribution in [3.8, 4) is 5.75 Å². The monoisotopic (exact) mass is 413 g/mol. The fourth-order valence-electron chi connectivity index (χ4n) is 3.50. The van der Waals surface area contributed by atoms with Crippen LogP contribution in [-0.4, -0.2) is 27.6 Å². The van der Waals surface area contributed by atoms with E-state index < -0.39 is 15.7 Å². The van der Waals surface area contributed by atoms with E-state index in [0.29, 0.717) is 12.8 Å². The molecule has 29 heavy (non-hydrogen) atoms. The third-order valence-electron chi connectivity index (χ3n) is 5.04. The normalized spacial score (nSPS) is 15.0. The molecule has 2 aromatic rings. The van der Waals surface area contributed by atoms with Crippen molar-refractivity contribution in [3.05, 3.63) is 71.4 Å². The Labute approximate surface area is 170 Å². The van der Waals surface area contributed by atoms with Gasteiger partial charge in [0.15, 0.2) is 21.4 Å². The first-order valence-electron chi connectivity index (χ1n) is 9.07. The molecule has 0 saturated heterocycles. The number of carbonyl (C=O) groups is 1. The average molecular weight is 413 g/mol. The minimum Gasteiger partial charge on any atom is -0.494 e. The molecule has 1 aliphatic rings. The molecule has 0 bridgehead atoms. The van der Waals surface area contributed by atoms with Gasteiger partial charge in [0.25, 0.3) is 0 Å². The van der Waals surface area contributed by atoms with Gasteiger partial charge in [0.2, 0.25) is 0 Å². The van der Waals surface area contributed by atoms with E-state index in [1.807, 2.05) is 13.0 Å². The highest BCUT2D eigenvalue weighted by molar-refractivity contribution is 7.90. The van der Waals surface area contributed by atoms with Crippen LogP contribution in [0.1, 0.15) is 36.5 Å². The van der Waals surface area contributed by atoms with Gasteiger partial charge in [-0.1, -0.05) is 12.1 Å². The van der Waals surface area contributed by atoms with E-state index in [0.717, 1.165) is 39.7 Å². The Balaban J connectivity index is 2.12. The lowest BCUT2D eigenvalue weighted by Gasteiger charge is -2.09. The molecule has 0 fully saturated rings. The number of benzene rings is 2. The number of Topliss-reactive ketones (excluding diaryl/α,β-unsaturated/α-hetero) is 1. The number of methoxy groups -OCH3 is 1. The number of ether oxygens (including phenoxy) is 1. The lowest BCUT2D eigenvalue weighted by molar-refractivity contribution is -0.114. The number of carbonyl (C=O) groups excluding carboxylic acids is 1. The minimum absolute atomic E-state index is 0.147. The van der Waals surface area contributed by atoms with Crippen molar-refractivity contribution in [3.63, 3.8) is 0 Å². The third kappa shape index (κ3) is 4.32. The first kappa shape index (κ1) is 21.0. The summed E-state index contributed by atoms with van der Waals surface area (Å²) < 4.78 is 42.9. The second-order valence-corrected chi connectivity index (χ2v) is 9.09. The number of fused-ring (bicyclic) bond motifs is 1. The second kappa shape index (κ2) is 7.95. The van der Waals surface area contributed by atoms with Crippen molar-refractivity contribution in [2.45, 2.75) is 24.7 Å². The molecule has 151 valence electrons. The largest absolute Gasteiger partial charge is 0.494 e. The number of hydrogen-bond donors (Lipinski definition) is 0. The first-order chi connectivity index (χ1) is 13.6. The highest BCUT2D eigenvalue weighted by atomic mass is 32.2. The van der Waals surface area contributed by atoms with E-state index in [1.165, 1.54) is 13.2 Å². The summed E-state index contributed by atoms with van der Waals surface area (Å²) in [5.41, 5.74) is 5.08. The standard InChI is InChI=1S/C23H22FO4S/c1-14(25)5-10-18-15(2)19(20-12-22(24)23(28-3)13-21(18)20)11-16-6-8-17(9-7-16)29(4,26)27/h6-9,11-13H,1,5,10H2,2-4H3. The molecule has 0 amide bonds. The van der Waals surface area contributed by atoms with Crippen molar-refractivity contribution in [2.75, 3.05) is 13.4 Å². The van der Waals surface area contributed by atoms with Crippen LogP contribution in [0.5, 0.6) is 5.75 Å². The highest BCUT2D eigenvalue weighted by Gasteiger charge is 2.26. The van der Waals surface area contributed by atoms with Gasteiger partial charge >= 0.3 is 0 Å². The van der Waals surface area contributed by atoms with Crippen LogP contribution in [0.25, 0.3) is 17.2 Å². The van der Waals surface area contributed by atoms with Gasteiger partial charge < -0.3 is 4.74 Å². The molecule has 0 saturated carbocycles. The van der Waals surface area contributed by atoms with E-state index in [4.69, 9.17) is 4.74 Å². The Morgan fingerprint density at radius 2 is 1.83 bits per heavy atom. The van der Waals surface area contributed by atoms with Crippen molar-refractivity contribution in [1.29, 1.82) is 0 Å². The predicted molar refractivity (Wildman–Crippen MR) is 113 cm³/mol. The van der Waals surface area contributed by atoms with Gasteiger partial charge in [-0.25, -0.2) is 12.8 Å². The molecule has 0 atom stereocenters. The summed E-state index contributed by atoms with van der Waals surface area (Å²) in [5, 5.41) is 0. The van der Waals surface area contributed by atoms with Crippen LogP contribution in [0.4, 0.5) is 4.39 Å². The van der Waals surface area contributed by atoms with Crippen molar-refractivity contribution in [1.82, 2.24) is 0 Å². The SMILES string of the molecule is [CH2]C(=O)CCC1=C(C)C(=Cc2ccc(S(C)(=O)=O)cc2)c2cc(F)c(OC)cc21. The quantitative estimate of drug-likeness (QED) is 0.686. The summed E-state index contributed by atoms with van der Waals surface area (Å²) >= 11 is 0. The Kier molecular flexibility index (Phi) is 5.75. The lowest BCUT2D eigenvalue weighted by atomic mass is 9.99. The number of sulfone groups is 1. The maximum absolute atomic E-state index is 14.4. The van der Waals surface area contributed by atoms with Gasteiger partial charge in [-0.3, -0.25) is 4.79 Å². The van der Waals surface area contributed by atoms with Gasteiger partial charge in [0.05, 0.1) is 12.0 Å². The number of halogens is 1. The van der Waals surface area contributed by atoms with E-state index in [9.17, 15) is 17.6 Å². The maximum Gasteiger partial charge on any atom is 0.175 e. The Hall–Kier alpha value is -2.73. The Morgan fingerprint density at radius 3 is 2.38 bits per heavy atom. The molecular formula is C23H22FO4S. The van der Waals surface area contributed by atoms with E-state index in [1.54, 1.807) is 30.3 Å². The maximum atomic E-state index is 14.4. The molecule has 1 aliphatic carbocycles. The molecule has 0 spiro atoms. The molecule has 3 rings (SSSR count). The molecule has 0 heterocycles. The molecule has 0 unspecified atom stereocenters. The van der Waals surface area contributed by atoms with Crippen molar-refractivity contribution >= 4 is 32.8 Å². The Bertz CT molecular complexity index is 1140. The second-order valence-electron chi connectivity index (χ2n) is 7.07. The summed E-state index contributed by atoms with van der Waals surface area (Å²) in [6.07, 6.45) is 3.85. The van der Waals surface area contributed by atoms with Crippen LogP contribution in [0, 0.1) is 12.7 Å². The van der Waals surface area contributed by atoms with Crippen molar-refractivity contribution in [2.24, 2.45) is 0 Å². The fraction of sp³-hybridized carbons (Fsp3) is 0.217. The van der Waals surface area contributed by atoms with Crippen LogP contribution in [-0.2, 0) is 14.6 Å². The number of allylic oxidation sites excluding steroid dienone is 3. The molecule has 4 nitrogen and oxygen atoms in total. The summed E-state index contributed by atoms with van der Waals surface area (Å²) in [6, 6.07) is 9.63. The summed E-state index contributed by atoms with van der Waals surface area (Å²) in [6.45, 7) is 5.37. The molecule has 2 aromatic carbocycles. The number of rotatable bonds is 6. The average Bonchev–Trinajstić information content (AvgIpc) is 2.89. The van der Waals surface area contributed by atoms with Gasteiger partial charge in [-0.2, -0.15) is 0 Å². The lowest BCUT2D eigenvalue weighted by Crippen LogP contribution is -1.96. The van der Waals surface area contributed by atoms with Crippen molar-refractivity contribution < 1.29 is 22.3 Å². The van der Waals surface area contributed by atoms with Crippen LogP contribution in [0.3, 0.4) is 0 Å².